The summed E-state index contributed by atoms with van der Waals surface area (Å²) in [5.41, 5.74) is 1.23. The standard InChI is InChI=1S/C15H12ClF3N2O2/c1-9(22)21-12-6-13(10-2-4-11(16)5-3-10)14(20-7-12)23-8-15(17,18)19/h2-7H,8H2,1H3,(H,21,22). The summed E-state index contributed by atoms with van der Waals surface area (Å²) in [4.78, 5) is 15.0. The molecule has 1 aromatic heterocycles. The van der Waals surface area contributed by atoms with E-state index in [2.05, 4.69) is 10.3 Å². The van der Waals surface area contributed by atoms with Gasteiger partial charge >= 0.3 is 6.18 Å². The average Bonchev–Trinajstić information content (AvgIpc) is 2.45. The van der Waals surface area contributed by atoms with Crippen LogP contribution in [0.25, 0.3) is 11.1 Å². The number of hydrogen-bond donors (Lipinski definition) is 1. The highest BCUT2D eigenvalue weighted by Gasteiger charge is 2.29. The van der Waals surface area contributed by atoms with Crippen LogP contribution in [0.2, 0.25) is 5.02 Å². The molecule has 0 saturated carbocycles. The summed E-state index contributed by atoms with van der Waals surface area (Å²) >= 11 is 5.81. The predicted molar refractivity (Wildman–Crippen MR) is 80.5 cm³/mol. The lowest BCUT2D eigenvalue weighted by atomic mass is 10.1. The maximum Gasteiger partial charge on any atom is 0.422 e. The second-order valence-corrected chi connectivity index (χ2v) is 5.11. The van der Waals surface area contributed by atoms with Crippen molar-refractivity contribution in [1.29, 1.82) is 0 Å². The molecule has 0 aliphatic carbocycles. The number of hydrogen-bond acceptors (Lipinski definition) is 3. The molecule has 0 fully saturated rings. The van der Waals surface area contributed by atoms with Crippen LogP contribution in [0.1, 0.15) is 6.92 Å². The van der Waals surface area contributed by atoms with Crippen LogP contribution < -0.4 is 10.1 Å². The van der Waals surface area contributed by atoms with Gasteiger partial charge in [-0.3, -0.25) is 4.79 Å². The number of amides is 1. The van der Waals surface area contributed by atoms with E-state index in [1.54, 1.807) is 24.3 Å². The van der Waals surface area contributed by atoms with E-state index in [9.17, 15) is 18.0 Å². The van der Waals surface area contributed by atoms with Crippen molar-refractivity contribution in [2.45, 2.75) is 13.1 Å². The van der Waals surface area contributed by atoms with Crippen molar-refractivity contribution < 1.29 is 22.7 Å². The lowest BCUT2D eigenvalue weighted by molar-refractivity contribution is -0.154. The maximum atomic E-state index is 12.4. The second kappa shape index (κ2) is 6.87. The molecule has 2 aromatic rings. The van der Waals surface area contributed by atoms with Crippen LogP contribution in [-0.2, 0) is 4.79 Å². The van der Waals surface area contributed by atoms with E-state index in [1.807, 2.05) is 0 Å². The van der Waals surface area contributed by atoms with Crippen LogP contribution in [0.3, 0.4) is 0 Å². The van der Waals surface area contributed by atoms with E-state index < -0.39 is 12.8 Å². The summed E-state index contributed by atoms with van der Waals surface area (Å²) in [5, 5.41) is 3.00. The zero-order valence-electron chi connectivity index (χ0n) is 11.9. The first-order chi connectivity index (χ1) is 10.7. The van der Waals surface area contributed by atoms with Crippen LogP contribution in [0.5, 0.6) is 5.88 Å². The van der Waals surface area contributed by atoms with Crippen molar-refractivity contribution in [2.75, 3.05) is 11.9 Å². The second-order valence-electron chi connectivity index (χ2n) is 4.67. The molecule has 1 amide bonds. The molecule has 122 valence electrons. The number of alkyl halides is 3. The summed E-state index contributed by atoms with van der Waals surface area (Å²) in [7, 11) is 0. The Bertz CT molecular complexity index is 703. The van der Waals surface area contributed by atoms with Gasteiger partial charge in [0, 0.05) is 17.5 Å². The minimum atomic E-state index is -4.48. The van der Waals surface area contributed by atoms with Gasteiger partial charge in [0.2, 0.25) is 11.8 Å². The smallest absolute Gasteiger partial charge is 0.422 e. The minimum absolute atomic E-state index is 0.182. The van der Waals surface area contributed by atoms with E-state index in [0.717, 1.165) is 0 Å². The molecule has 0 radical (unpaired) electrons. The molecular weight excluding hydrogens is 333 g/mol. The highest BCUT2D eigenvalue weighted by molar-refractivity contribution is 6.30. The van der Waals surface area contributed by atoms with Crippen LogP contribution in [0.15, 0.2) is 36.5 Å². The molecule has 23 heavy (non-hydrogen) atoms. The molecule has 1 N–H and O–H groups in total. The molecule has 0 aliphatic heterocycles. The molecule has 1 aromatic carbocycles. The zero-order chi connectivity index (χ0) is 17.0. The van der Waals surface area contributed by atoms with Crippen molar-refractivity contribution in [2.24, 2.45) is 0 Å². The van der Waals surface area contributed by atoms with Gasteiger partial charge in [-0.15, -0.1) is 0 Å². The summed E-state index contributed by atoms with van der Waals surface area (Å²) < 4.78 is 41.8. The number of rotatable bonds is 4. The number of nitrogens with zero attached hydrogens (tertiary/aromatic N) is 1. The summed E-state index contributed by atoms with van der Waals surface area (Å²) in [6.07, 6.45) is -3.25. The number of aromatic nitrogens is 1. The number of nitrogens with one attached hydrogen (secondary N) is 1. The number of ether oxygens (including phenoxy) is 1. The van der Waals surface area contributed by atoms with Crippen molar-refractivity contribution >= 4 is 23.2 Å². The average molecular weight is 345 g/mol. The van der Waals surface area contributed by atoms with E-state index in [0.29, 0.717) is 21.8 Å². The number of carbonyl (C=O) groups excluding carboxylic acids is 1. The van der Waals surface area contributed by atoms with Crippen molar-refractivity contribution in [3.8, 4) is 17.0 Å². The summed E-state index contributed by atoms with van der Waals surface area (Å²) in [5.74, 6) is -0.503. The van der Waals surface area contributed by atoms with Gasteiger partial charge in [-0.25, -0.2) is 4.98 Å². The Morgan fingerprint density at radius 1 is 1.30 bits per heavy atom. The zero-order valence-corrected chi connectivity index (χ0v) is 12.7. The molecule has 0 spiro atoms. The lowest BCUT2D eigenvalue weighted by Crippen LogP contribution is -2.20. The molecule has 2 rings (SSSR count). The van der Waals surface area contributed by atoms with Crippen LogP contribution >= 0.6 is 11.6 Å². The van der Waals surface area contributed by atoms with Gasteiger partial charge in [-0.1, -0.05) is 23.7 Å². The van der Waals surface area contributed by atoms with Crippen LogP contribution in [-0.4, -0.2) is 23.7 Å². The van der Waals surface area contributed by atoms with Gasteiger partial charge in [0.05, 0.1) is 11.9 Å². The Kier molecular flexibility index (Phi) is 5.10. The van der Waals surface area contributed by atoms with E-state index in [1.165, 1.54) is 19.2 Å². The van der Waals surface area contributed by atoms with Gasteiger partial charge in [0.1, 0.15) is 0 Å². The molecule has 1 heterocycles. The van der Waals surface area contributed by atoms with Crippen molar-refractivity contribution in [3.63, 3.8) is 0 Å². The van der Waals surface area contributed by atoms with Gasteiger partial charge in [0.25, 0.3) is 0 Å². The Labute approximate surface area is 135 Å². The lowest BCUT2D eigenvalue weighted by Gasteiger charge is -2.14. The topological polar surface area (TPSA) is 51.2 Å². The minimum Gasteiger partial charge on any atom is -0.468 e. The fourth-order valence-corrected chi connectivity index (χ4v) is 1.95. The molecular formula is C15H12ClF3N2O2. The highest BCUT2D eigenvalue weighted by Crippen LogP contribution is 2.32. The van der Waals surface area contributed by atoms with E-state index in [4.69, 9.17) is 16.3 Å². The Balaban J connectivity index is 2.40. The van der Waals surface area contributed by atoms with Crippen LogP contribution in [0, 0.1) is 0 Å². The normalized spacial score (nSPS) is 11.2. The van der Waals surface area contributed by atoms with E-state index in [-0.39, 0.29) is 11.8 Å². The fourth-order valence-electron chi connectivity index (χ4n) is 1.83. The maximum absolute atomic E-state index is 12.4. The number of halogens is 4. The number of carbonyl (C=O) groups is 1. The highest BCUT2D eigenvalue weighted by atomic mass is 35.5. The third-order valence-corrected chi connectivity index (χ3v) is 2.95. The molecule has 0 atom stereocenters. The monoisotopic (exact) mass is 344 g/mol. The number of anilines is 1. The quantitative estimate of drug-likeness (QED) is 0.899. The van der Waals surface area contributed by atoms with Gasteiger partial charge in [-0.05, 0) is 23.8 Å². The first-order valence-corrected chi connectivity index (χ1v) is 6.85. The molecule has 0 bridgehead atoms. The van der Waals surface area contributed by atoms with E-state index >= 15 is 0 Å². The first kappa shape index (κ1) is 17.1. The largest absolute Gasteiger partial charge is 0.468 e. The Morgan fingerprint density at radius 3 is 2.52 bits per heavy atom. The Hall–Kier alpha value is -2.28. The van der Waals surface area contributed by atoms with Gasteiger partial charge in [-0.2, -0.15) is 13.2 Å². The fraction of sp³-hybridized carbons (Fsp3) is 0.200. The molecule has 0 unspecified atom stereocenters. The Morgan fingerprint density at radius 2 is 1.96 bits per heavy atom. The number of pyridine rings is 1. The summed E-state index contributed by atoms with van der Waals surface area (Å²) in [6.45, 7) is -0.143. The van der Waals surface area contributed by atoms with Crippen molar-refractivity contribution in [1.82, 2.24) is 4.98 Å². The number of benzene rings is 1. The first-order valence-electron chi connectivity index (χ1n) is 6.48. The predicted octanol–water partition coefficient (Wildman–Crippen LogP) is 4.30. The third kappa shape index (κ3) is 5.14. The third-order valence-electron chi connectivity index (χ3n) is 2.70. The molecule has 0 aliphatic rings. The van der Waals surface area contributed by atoms with Gasteiger partial charge in [0.15, 0.2) is 6.61 Å². The molecule has 0 saturated heterocycles. The van der Waals surface area contributed by atoms with Crippen molar-refractivity contribution in [3.05, 3.63) is 41.6 Å². The summed E-state index contributed by atoms with van der Waals surface area (Å²) in [6, 6.07) is 7.92. The molecule has 4 nitrogen and oxygen atoms in total. The SMILES string of the molecule is CC(=O)Nc1cnc(OCC(F)(F)F)c(-c2ccc(Cl)cc2)c1. The van der Waals surface area contributed by atoms with Crippen LogP contribution in [0.4, 0.5) is 18.9 Å². The van der Waals surface area contributed by atoms with Gasteiger partial charge < -0.3 is 10.1 Å². The molecule has 8 heteroatoms.